The number of aryl methyl sites for hydroxylation is 2. The Labute approximate surface area is 92.9 Å². The fourth-order valence-corrected chi connectivity index (χ4v) is 1.71. The van der Waals surface area contributed by atoms with Crippen molar-refractivity contribution in [3.63, 3.8) is 0 Å². The van der Waals surface area contributed by atoms with E-state index in [1.165, 1.54) is 6.07 Å². The van der Waals surface area contributed by atoms with Crippen LogP contribution in [0.1, 0.15) is 11.4 Å². The van der Waals surface area contributed by atoms with Crippen molar-refractivity contribution in [2.75, 3.05) is 0 Å². The number of benzene rings is 1. The van der Waals surface area contributed by atoms with Crippen LogP contribution in [0.4, 0.5) is 0 Å². The van der Waals surface area contributed by atoms with Gasteiger partial charge >= 0.3 is 0 Å². The SMILES string of the molecule is Cc1cc(C)n(-c2ccc(Cl)cc2O)n1. The minimum atomic E-state index is 0.133. The van der Waals surface area contributed by atoms with E-state index in [0.29, 0.717) is 10.7 Å². The van der Waals surface area contributed by atoms with Crippen LogP contribution in [0.15, 0.2) is 24.3 Å². The van der Waals surface area contributed by atoms with Crippen LogP contribution in [0, 0.1) is 13.8 Å². The molecule has 78 valence electrons. The first kappa shape index (κ1) is 10.1. The zero-order valence-corrected chi connectivity index (χ0v) is 9.28. The van der Waals surface area contributed by atoms with E-state index in [4.69, 9.17) is 11.6 Å². The van der Waals surface area contributed by atoms with Crippen molar-refractivity contribution in [2.24, 2.45) is 0 Å². The molecule has 0 aliphatic heterocycles. The van der Waals surface area contributed by atoms with Crippen LogP contribution >= 0.6 is 11.6 Å². The molecule has 2 aromatic rings. The Hall–Kier alpha value is -1.48. The lowest BCUT2D eigenvalue weighted by Gasteiger charge is -2.06. The molecule has 0 fully saturated rings. The number of nitrogens with zero attached hydrogens (tertiary/aromatic N) is 2. The number of phenolic OH excluding ortho intramolecular Hbond substituents is 1. The number of halogens is 1. The van der Waals surface area contributed by atoms with Gasteiger partial charge in [-0.3, -0.25) is 0 Å². The van der Waals surface area contributed by atoms with Gasteiger partial charge in [0.1, 0.15) is 11.4 Å². The molecule has 0 aliphatic rings. The smallest absolute Gasteiger partial charge is 0.142 e. The predicted molar refractivity (Wildman–Crippen MR) is 59.7 cm³/mol. The molecule has 1 aromatic carbocycles. The minimum Gasteiger partial charge on any atom is -0.506 e. The van der Waals surface area contributed by atoms with E-state index in [1.54, 1.807) is 16.8 Å². The van der Waals surface area contributed by atoms with Gasteiger partial charge in [0.15, 0.2) is 0 Å². The second-order valence-electron chi connectivity index (χ2n) is 3.47. The quantitative estimate of drug-likeness (QED) is 0.806. The molecule has 1 aromatic heterocycles. The Balaban J connectivity index is 2.59. The van der Waals surface area contributed by atoms with Crippen molar-refractivity contribution < 1.29 is 5.11 Å². The first-order valence-corrected chi connectivity index (χ1v) is 4.98. The average Bonchev–Trinajstić information content (AvgIpc) is 2.45. The molecule has 1 N–H and O–H groups in total. The predicted octanol–water partition coefficient (Wildman–Crippen LogP) is 2.85. The van der Waals surface area contributed by atoms with Gasteiger partial charge in [-0.05, 0) is 32.0 Å². The van der Waals surface area contributed by atoms with E-state index in [2.05, 4.69) is 5.10 Å². The highest BCUT2D eigenvalue weighted by Crippen LogP contribution is 2.26. The fourth-order valence-electron chi connectivity index (χ4n) is 1.55. The van der Waals surface area contributed by atoms with Gasteiger partial charge in [0.05, 0.1) is 5.69 Å². The molecule has 15 heavy (non-hydrogen) atoms. The maximum absolute atomic E-state index is 9.73. The first-order valence-electron chi connectivity index (χ1n) is 4.60. The molecule has 0 amide bonds. The third kappa shape index (κ3) is 1.83. The first-order chi connectivity index (χ1) is 7.08. The number of phenols is 1. The Morgan fingerprint density at radius 1 is 1.27 bits per heavy atom. The Kier molecular flexibility index (Phi) is 2.40. The number of rotatable bonds is 1. The minimum absolute atomic E-state index is 0.133. The van der Waals surface area contributed by atoms with Crippen molar-refractivity contribution in [1.82, 2.24) is 9.78 Å². The van der Waals surface area contributed by atoms with Crippen molar-refractivity contribution in [3.8, 4) is 11.4 Å². The fraction of sp³-hybridized carbons (Fsp3) is 0.182. The van der Waals surface area contributed by atoms with Gasteiger partial charge in [0, 0.05) is 16.8 Å². The highest BCUT2D eigenvalue weighted by atomic mass is 35.5. The van der Waals surface area contributed by atoms with Gasteiger partial charge in [-0.15, -0.1) is 0 Å². The van der Waals surface area contributed by atoms with E-state index in [1.807, 2.05) is 19.9 Å². The van der Waals surface area contributed by atoms with Gasteiger partial charge in [-0.2, -0.15) is 5.10 Å². The molecule has 1 heterocycles. The van der Waals surface area contributed by atoms with Crippen molar-refractivity contribution >= 4 is 11.6 Å². The number of hydrogen-bond acceptors (Lipinski definition) is 2. The molecule has 4 heteroatoms. The van der Waals surface area contributed by atoms with Crippen LogP contribution in [0.5, 0.6) is 5.75 Å². The molecule has 0 unspecified atom stereocenters. The maximum Gasteiger partial charge on any atom is 0.142 e. The Bertz CT molecular complexity index is 505. The summed E-state index contributed by atoms with van der Waals surface area (Å²) in [7, 11) is 0. The highest BCUT2D eigenvalue weighted by Gasteiger charge is 2.08. The normalized spacial score (nSPS) is 10.6. The van der Waals surface area contributed by atoms with Gasteiger partial charge in [-0.25, -0.2) is 4.68 Å². The standard InChI is InChI=1S/C11H11ClN2O/c1-7-5-8(2)14(13-7)10-4-3-9(12)6-11(10)15/h3-6,15H,1-2H3. The summed E-state index contributed by atoms with van der Waals surface area (Å²) in [6, 6.07) is 6.94. The van der Waals surface area contributed by atoms with E-state index < -0.39 is 0 Å². The summed E-state index contributed by atoms with van der Waals surface area (Å²) in [4.78, 5) is 0. The molecule has 0 saturated heterocycles. The summed E-state index contributed by atoms with van der Waals surface area (Å²) in [5, 5.41) is 14.5. The van der Waals surface area contributed by atoms with Crippen LogP contribution in [0.2, 0.25) is 5.02 Å². The maximum atomic E-state index is 9.73. The van der Waals surface area contributed by atoms with Crippen molar-refractivity contribution in [2.45, 2.75) is 13.8 Å². The van der Waals surface area contributed by atoms with Gasteiger partial charge in [0.25, 0.3) is 0 Å². The lowest BCUT2D eigenvalue weighted by molar-refractivity contribution is 0.470. The van der Waals surface area contributed by atoms with Gasteiger partial charge in [0.2, 0.25) is 0 Å². The number of hydrogen-bond donors (Lipinski definition) is 1. The summed E-state index contributed by atoms with van der Waals surface area (Å²) in [5.74, 6) is 0.133. The summed E-state index contributed by atoms with van der Waals surface area (Å²) < 4.78 is 1.70. The van der Waals surface area contributed by atoms with Crippen LogP contribution in [0.25, 0.3) is 5.69 Å². The molecular formula is C11H11ClN2O. The Morgan fingerprint density at radius 3 is 2.53 bits per heavy atom. The van der Waals surface area contributed by atoms with Gasteiger partial charge in [-0.1, -0.05) is 11.6 Å². The summed E-state index contributed by atoms with van der Waals surface area (Å²) >= 11 is 5.76. The number of aromatic nitrogens is 2. The summed E-state index contributed by atoms with van der Waals surface area (Å²) in [6.07, 6.45) is 0. The average molecular weight is 223 g/mol. The van der Waals surface area contributed by atoms with Crippen molar-refractivity contribution in [1.29, 1.82) is 0 Å². The van der Waals surface area contributed by atoms with E-state index >= 15 is 0 Å². The van der Waals surface area contributed by atoms with Gasteiger partial charge < -0.3 is 5.11 Å². The molecule has 0 radical (unpaired) electrons. The molecule has 3 nitrogen and oxygen atoms in total. The third-order valence-electron chi connectivity index (χ3n) is 2.18. The lowest BCUT2D eigenvalue weighted by Crippen LogP contribution is -1.99. The molecule has 0 spiro atoms. The van der Waals surface area contributed by atoms with Crippen LogP contribution in [-0.2, 0) is 0 Å². The highest BCUT2D eigenvalue weighted by molar-refractivity contribution is 6.30. The summed E-state index contributed by atoms with van der Waals surface area (Å²) in [5.41, 5.74) is 2.54. The monoisotopic (exact) mass is 222 g/mol. The molecule has 0 saturated carbocycles. The van der Waals surface area contributed by atoms with Crippen LogP contribution < -0.4 is 0 Å². The zero-order chi connectivity index (χ0) is 11.0. The third-order valence-corrected chi connectivity index (χ3v) is 2.41. The van der Waals surface area contributed by atoms with E-state index in [-0.39, 0.29) is 5.75 Å². The zero-order valence-electron chi connectivity index (χ0n) is 8.53. The van der Waals surface area contributed by atoms with E-state index in [0.717, 1.165) is 11.4 Å². The van der Waals surface area contributed by atoms with Crippen LogP contribution in [-0.4, -0.2) is 14.9 Å². The lowest BCUT2D eigenvalue weighted by atomic mass is 10.3. The van der Waals surface area contributed by atoms with E-state index in [9.17, 15) is 5.11 Å². The molecular weight excluding hydrogens is 212 g/mol. The number of aromatic hydroxyl groups is 1. The van der Waals surface area contributed by atoms with Crippen LogP contribution in [0.3, 0.4) is 0 Å². The molecule has 0 atom stereocenters. The molecule has 2 rings (SSSR count). The molecule has 0 bridgehead atoms. The van der Waals surface area contributed by atoms with Crippen molar-refractivity contribution in [3.05, 3.63) is 40.7 Å². The summed E-state index contributed by atoms with van der Waals surface area (Å²) in [6.45, 7) is 3.85. The largest absolute Gasteiger partial charge is 0.506 e. The Morgan fingerprint density at radius 2 is 2.00 bits per heavy atom. The second-order valence-corrected chi connectivity index (χ2v) is 3.91. The topological polar surface area (TPSA) is 38.0 Å². The molecule has 0 aliphatic carbocycles. The second kappa shape index (κ2) is 3.59.